The second-order valence-electron chi connectivity index (χ2n) is 4.37. The van der Waals surface area contributed by atoms with Gasteiger partial charge in [0.15, 0.2) is 0 Å². The summed E-state index contributed by atoms with van der Waals surface area (Å²) in [4.78, 5) is 13.2. The Morgan fingerprint density at radius 2 is 2.05 bits per heavy atom. The molecule has 0 radical (unpaired) electrons. The van der Waals surface area contributed by atoms with E-state index < -0.39 is 0 Å². The number of hydrogen-bond donors (Lipinski definition) is 1. The average Bonchev–Trinajstić information content (AvgIpc) is 2.78. The molecule has 0 saturated carbocycles. The zero-order valence-electron chi connectivity index (χ0n) is 11.3. The third-order valence-electron chi connectivity index (χ3n) is 2.71. The summed E-state index contributed by atoms with van der Waals surface area (Å²) in [6.45, 7) is 6.68. The highest BCUT2D eigenvalue weighted by atomic mass is 35.5. The maximum Gasteiger partial charge on any atom is 0.137 e. The first-order valence-electron chi connectivity index (χ1n) is 6.28. The topological polar surface area (TPSA) is 50.7 Å². The molecule has 1 N–H and O–H groups in total. The minimum absolute atomic E-state index is 0.524. The van der Waals surface area contributed by atoms with Crippen LogP contribution in [0, 0.1) is 13.8 Å². The normalized spacial score (nSPS) is 10.7. The quantitative estimate of drug-likeness (QED) is 0.853. The van der Waals surface area contributed by atoms with Gasteiger partial charge in [-0.2, -0.15) is 0 Å². The molecule has 2 heterocycles. The molecule has 0 fully saturated rings. The Morgan fingerprint density at radius 1 is 1.26 bits per heavy atom. The molecule has 19 heavy (non-hydrogen) atoms. The fourth-order valence-electron chi connectivity index (χ4n) is 1.70. The minimum atomic E-state index is 0.524. The first kappa shape index (κ1) is 14.2. The van der Waals surface area contributed by atoms with Gasteiger partial charge in [-0.25, -0.2) is 15.0 Å². The van der Waals surface area contributed by atoms with Crippen LogP contribution in [0.25, 0.3) is 0 Å². The van der Waals surface area contributed by atoms with E-state index in [0.29, 0.717) is 11.7 Å². The number of anilines is 1. The highest BCUT2D eigenvalue weighted by Crippen LogP contribution is 2.21. The van der Waals surface area contributed by atoms with Crippen molar-refractivity contribution in [2.75, 3.05) is 5.32 Å². The number of aromatic nitrogens is 3. The molecule has 6 heteroatoms. The van der Waals surface area contributed by atoms with Gasteiger partial charge in [0, 0.05) is 17.4 Å². The molecule has 0 aromatic carbocycles. The summed E-state index contributed by atoms with van der Waals surface area (Å²) >= 11 is 7.78. The number of hydrogen-bond acceptors (Lipinski definition) is 5. The molecule has 2 aromatic rings. The van der Waals surface area contributed by atoms with Gasteiger partial charge in [0.2, 0.25) is 0 Å². The van der Waals surface area contributed by atoms with Crippen LogP contribution in [0.5, 0.6) is 0 Å². The molecule has 0 saturated heterocycles. The SMILES string of the molecule is CCCc1nc(Cl)c(C)c(NCc2csc(C)n2)n1. The van der Waals surface area contributed by atoms with Crippen LogP contribution in [0.1, 0.15) is 35.4 Å². The second-order valence-corrected chi connectivity index (χ2v) is 5.79. The van der Waals surface area contributed by atoms with E-state index in [1.807, 2.05) is 19.2 Å². The Labute approximate surface area is 122 Å². The van der Waals surface area contributed by atoms with Crippen LogP contribution >= 0.6 is 22.9 Å². The van der Waals surface area contributed by atoms with E-state index in [1.165, 1.54) is 0 Å². The molecule has 0 unspecified atom stereocenters. The van der Waals surface area contributed by atoms with Gasteiger partial charge in [-0.1, -0.05) is 18.5 Å². The molecule has 0 bridgehead atoms. The second kappa shape index (κ2) is 6.30. The third kappa shape index (κ3) is 3.64. The third-order valence-corrected chi connectivity index (χ3v) is 3.90. The van der Waals surface area contributed by atoms with Gasteiger partial charge >= 0.3 is 0 Å². The van der Waals surface area contributed by atoms with Crippen LogP contribution in [-0.2, 0) is 13.0 Å². The predicted molar refractivity (Wildman–Crippen MR) is 80.0 cm³/mol. The van der Waals surface area contributed by atoms with E-state index in [-0.39, 0.29) is 0 Å². The monoisotopic (exact) mass is 296 g/mol. The maximum absolute atomic E-state index is 6.14. The van der Waals surface area contributed by atoms with Crippen molar-refractivity contribution < 1.29 is 0 Å². The van der Waals surface area contributed by atoms with Crippen molar-refractivity contribution in [1.29, 1.82) is 0 Å². The summed E-state index contributed by atoms with van der Waals surface area (Å²) in [5.74, 6) is 1.59. The van der Waals surface area contributed by atoms with Crippen molar-refractivity contribution >= 4 is 28.8 Å². The van der Waals surface area contributed by atoms with Gasteiger partial charge in [-0.15, -0.1) is 11.3 Å². The Balaban J connectivity index is 2.14. The van der Waals surface area contributed by atoms with Crippen LogP contribution in [-0.4, -0.2) is 15.0 Å². The van der Waals surface area contributed by atoms with Gasteiger partial charge in [0.25, 0.3) is 0 Å². The van der Waals surface area contributed by atoms with Crippen molar-refractivity contribution in [3.8, 4) is 0 Å². The number of rotatable bonds is 5. The van der Waals surface area contributed by atoms with Gasteiger partial charge in [-0.05, 0) is 20.3 Å². The lowest BCUT2D eigenvalue weighted by Gasteiger charge is -2.10. The average molecular weight is 297 g/mol. The Kier molecular flexibility index (Phi) is 4.71. The van der Waals surface area contributed by atoms with E-state index in [9.17, 15) is 0 Å². The largest absolute Gasteiger partial charge is 0.364 e. The molecular formula is C13H17ClN4S. The number of nitrogens with one attached hydrogen (secondary N) is 1. The molecular weight excluding hydrogens is 280 g/mol. The van der Waals surface area contributed by atoms with Crippen molar-refractivity contribution in [2.24, 2.45) is 0 Å². The van der Waals surface area contributed by atoms with Crippen molar-refractivity contribution in [2.45, 2.75) is 40.2 Å². The minimum Gasteiger partial charge on any atom is -0.364 e. The summed E-state index contributed by atoms with van der Waals surface area (Å²) < 4.78 is 0. The number of thiazole rings is 1. The summed E-state index contributed by atoms with van der Waals surface area (Å²) in [5, 5.41) is 6.93. The molecule has 0 aliphatic heterocycles. The lowest BCUT2D eigenvalue weighted by atomic mass is 10.3. The number of aryl methyl sites for hydroxylation is 2. The molecule has 0 aliphatic rings. The molecule has 0 atom stereocenters. The first-order chi connectivity index (χ1) is 9.10. The smallest absolute Gasteiger partial charge is 0.137 e. The van der Waals surface area contributed by atoms with Crippen molar-refractivity contribution in [3.05, 3.63) is 32.6 Å². The summed E-state index contributed by atoms with van der Waals surface area (Å²) in [6, 6.07) is 0. The number of halogens is 1. The summed E-state index contributed by atoms with van der Waals surface area (Å²) in [7, 11) is 0. The molecule has 2 rings (SSSR count). The lowest BCUT2D eigenvalue weighted by molar-refractivity contribution is 0.829. The zero-order chi connectivity index (χ0) is 13.8. The van der Waals surface area contributed by atoms with Crippen LogP contribution in [0.4, 0.5) is 5.82 Å². The Bertz CT molecular complexity index is 568. The van der Waals surface area contributed by atoms with Crippen LogP contribution in [0.2, 0.25) is 5.15 Å². The highest BCUT2D eigenvalue weighted by Gasteiger charge is 2.09. The number of nitrogens with zero attached hydrogens (tertiary/aromatic N) is 3. The molecule has 4 nitrogen and oxygen atoms in total. The lowest BCUT2D eigenvalue weighted by Crippen LogP contribution is -2.07. The van der Waals surface area contributed by atoms with Gasteiger partial charge in [0.1, 0.15) is 16.8 Å². The van der Waals surface area contributed by atoms with Crippen LogP contribution in [0.15, 0.2) is 5.38 Å². The van der Waals surface area contributed by atoms with Crippen LogP contribution in [0.3, 0.4) is 0 Å². The van der Waals surface area contributed by atoms with Gasteiger partial charge < -0.3 is 5.32 Å². The molecule has 2 aromatic heterocycles. The van der Waals surface area contributed by atoms with E-state index in [4.69, 9.17) is 11.6 Å². The predicted octanol–water partition coefficient (Wildman–Crippen LogP) is 3.77. The Morgan fingerprint density at radius 3 is 2.68 bits per heavy atom. The molecule has 102 valence electrons. The zero-order valence-corrected chi connectivity index (χ0v) is 12.9. The maximum atomic E-state index is 6.14. The van der Waals surface area contributed by atoms with Crippen LogP contribution < -0.4 is 5.32 Å². The first-order valence-corrected chi connectivity index (χ1v) is 7.53. The fourth-order valence-corrected chi connectivity index (χ4v) is 2.50. The van der Waals surface area contributed by atoms with Gasteiger partial charge in [0.05, 0.1) is 17.2 Å². The Hall–Kier alpha value is -1.20. The summed E-state index contributed by atoms with van der Waals surface area (Å²) in [6.07, 6.45) is 1.84. The van der Waals surface area contributed by atoms with Gasteiger partial charge in [-0.3, -0.25) is 0 Å². The molecule has 0 spiro atoms. The van der Waals surface area contributed by atoms with E-state index in [1.54, 1.807) is 11.3 Å². The fraction of sp³-hybridized carbons (Fsp3) is 0.462. The van der Waals surface area contributed by atoms with Crippen molar-refractivity contribution in [3.63, 3.8) is 0 Å². The molecule has 0 amide bonds. The van der Waals surface area contributed by atoms with E-state index >= 15 is 0 Å². The van der Waals surface area contributed by atoms with E-state index in [2.05, 4.69) is 27.2 Å². The standard InChI is InChI=1S/C13H17ClN4S/c1-4-5-11-17-12(14)8(2)13(18-11)15-6-10-7-19-9(3)16-10/h7H,4-6H2,1-3H3,(H,15,17,18). The van der Waals surface area contributed by atoms with E-state index in [0.717, 1.165) is 40.7 Å². The van der Waals surface area contributed by atoms with Crippen molar-refractivity contribution in [1.82, 2.24) is 15.0 Å². The molecule has 0 aliphatic carbocycles. The highest BCUT2D eigenvalue weighted by molar-refractivity contribution is 7.09. The summed E-state index contributed by atoms with van der Waals surface area (Å²) in [5.41, 5.74) is 1.90.